The summed E-state index contributed by atoms with van der Waals surface area (Å²) in [7, 11) is -3.46. The molecule has 15 heavy (non-hydrogen) atoms. The zero-order valence-electron chi connectivity index (χ0n) is 8.27. The molecular weight excluding hydrogens is 217 g/mol. The fourth-order valence-corrected chi connectivity index (χ4v) is 2.72. The van der Waals surface area contributed by atoms with E-state index >= 15 is 0 Å². The maximum Gasteiger partial charge on any atom is 0.240 e. The molecule has 0 aromatic heterocycles. The van der Waals surface area contributed by atoms with E-state index in [0.29, 0.717) is 5.92 Å². The van der Waals surface area contributed by atoms with E-state index in [2.05, 4.69) is 4.72 Å². The van der Waals surface area contributed by atoms with Crippen molar-refractivity contribution in [2.24, 2.45) is 5.92 Å². The number of halogens is 1. The molecule has 5 heteroatoms. The molecule has 1 aromatic carbocycles. The number of hydrogen-bond donors (Lipinski definition) is 1. The number of sulfonamides is 1. The Morgan fingerprint density at radius 2 is 1.87 bits per heavy atom. The molecule has 0 bridgehead atoms. The van der Waals surface area contributed by atoms with Crippen molar-refractivity contribution in [3.8, 4) is 0 Å². The van der Waals surface area contributed by atoms with Crippen molar-refractivity contribution in [2.45, 2.75) is 24.3 Å². The van der Waals surface area contributed by atoms with Gasteiger partial charge in [0.05, 0.1) is 4.90 Å². The van der Waals surface area contributed by atoms with Crippen LogP contribution in [-0.2, 0) is 10.0 Å². The van der Waals surface area contributed by atoms with Crippen molar-refractivity contribution in [2.75, 3.05) is 0 Å². The van der Waals surface area contributed by atoms with Gasteiger partial charge in [-0.3, -0.25) is 0 Å². The molecule has 2 unspecified atom stereocenters. The summed E-state index contributed by atoms with van der Waals surface area (Å²) in [4.78, 5) is 0.114. The van der Waals surface area contributed by atoms with Gasteiger partial charge in [-0.25, -0.2) is 17.5 Å². The molecule has 1 N–H and O–H groups in total. The van der Waals surface area contributed by atoms with Crippen LogP contribution in [0, 0.1) is 11.7 Å². The molecule has 2 atom stereocenters. The van der Waals surface area contributed by atoms with Gasteiger partial charge >= 0.3 is 0 Å². The summed E-state index contributed by atoms with van der Waals surface area (Å²) in [5.41, 5.74) is 0. The first-order chi connectivity index (χ1) is 6.99. The molecule has 0 saturated heterocycles. The van der Waals surface area contributed by atoms with E-state index in [9.17, 15) is 12.8 Å². The third kappa shape index (κ3) is 2.35. The lowest BCUT2D eigenvalue weighted by Crippen LogP contribution is -2.26. The molecule has 1 aromatic rings. The summed E-state index contributed by atoms with van der Waals surface area (Å²) >= 11 is 0. The van der Waals surface area contributed by atoms with Crippen molar-refractivity contribution in [3.63, 3.8) is 0 Å². The van der Waals surface area contributed by atoms with Gasteiger partial charge in [-0.2, -0.15) is 0 Å². The van der Waals surface area contributed by atoms with Gasteiger partial charge < -0.3 is 0 Å². The molecule has 1 saturated carbocycles. The molecule has 0 spiro atoms. The largest absolute Gasteiger partial charge is 0.240 e. The first-order valence-electron chi connectivity index (χ1n) is 4.77. The number of rotatable bonds is 3. The topological polar surface area (TPSA) is 46.2 Å². The minimum absolute atomic E-state index is 0.0417. The van der Waals surface area contributed by atoms with Crippen LogP contribution in [0.1, 0.15) is 13.3 Å². The first kappa shape index (κ1) is 10.6. The second-order valence-electron chi connectivity index (χ2n) is 3.89. The Bertz CT molecular complexity index is 455. The van der Waals surface area contributed by atoms with E-state index in [0.717, 1.165) is 18.6 Å². The average molecular weight is 229 g/mol. The van der Waals surface area contributed by atoms with E-state index in [1.807, 2.05) is 6.92 Å². The van der Waals surface area contributed by atoms with Gasteiger partial charge in [0.2, 0.25) is 10.0 Å². The normalized spacial score (nSPS) is 25.2. The first-order valence-corrected chi connectivity index (χ1v) is 6.25. The van der Waals surface area contributed by atoms with E-state index < -0.39 is 15.8 Å². The van der Waals surface area contributed by atoms with Crippen molar-refractivity contribution in [1.82, 2.24) is 4.72 Å². The Morgan fingerprint density at radius 1 is 1.33 bits per heavy atom. The summed E-state index contributed by atoms with van der Waals surface area (Å²) in [6, 6.07) is 4.87. The zero-order valence-corrected chi connectivity index (χ0v) is 9.09. The summed E-state index contributed by atoms with van der Waals surface area (Å²) in [5.74, 6) is -0.0334. The quantitative estimate of drug-likeness (QED) is 0.854. The van der Waals surface area contributed by atoms with Crippen LogP contribution < -0.4 is 4.72 Å². The van der Waals surface area contributed by atoms with Gasteiger partial charge in [0.25, 0.3) is 0 Å². The minimum atomic E-state index is -3.46. The van der Waals surface area contributed by atoms with Crippen LogP contribution in [0.5, 0.6) is 0 Å². The summed E-state index contributed by atoms with van der Waals surface area (Å²) < 4.78 is 38.6. The van der Waals surface area contributed by atoms with Gasteiger partial charge in [-0.1, -0.05) is 6.92 Å². The van der Waals surface area contributed by atoms with Crippen molar-refractivity contribution >= 4 is 10.0 Å². The molecule has 2 rings (SSSR count). The fourth-order valence-electron chi connectivity index (χ4n) is 1.37. The number of benzene rings is 1. The molecule has 1 fully saturated rings. The Balaban J connectivity index is 2.18. The molecular formula is C10H12FNO2S. The van der Waals surface area contributed by atoms with E-state index in [1.165, 1.54) is 12.1 Å². The second kappa shape index (κ2) is 3.57. The molecule has 1 aliphatic rings. The zero-order chi connectivity index (χ0) is 11.1. The maximum absolute atomic E-state index is 12.6. The second-order valence-corrected chi connectivity index (χ2v) is 5.61. The highest BCUT2D eigenvalue weighted by atomic mass is 32.2. The predicted octanol–water partition coefficient (Wildman–Crippen LogP) is 1.51. The predicted molar refractivity (Wildman–Crippen MR) is 54.3 cm³/mol. The van der Waals surface area contributed by atoms with Crippen LogP contribution in [0.25, 0.3) is 0 Å². The highest BCUT2D eigenvalue weighted by Gasteiger charge is 2.36. The van der Waals surface area contributed by atoms with Gasteiger partial charge in [0.1, 0.15) is 5.82 Å². The number of hydrogen-bond acceptors (Lipinski definition) is 2. The van der Waals surface area contributed by atoms with Gasteiger partial charge in [-0.05, 0) is 36.6 Å². The van der Waals surface area contributed by atoms with Crippen LogP contribution in [0.3, 0.4) is 0 Å². The van der Waals surface area contributed by atoms with Gasteiger partial charge in [0.15, 0.2) is 0 Å². The van der Waals surface area contributed by atoms with Crippen LogP contribution in [-0.4, -0.2) is 14.5 Å². The Kier molecular flexibility index (Phi) is 2.52. The van der Waals surface area contributed by atoms with Crippen molar-refractivity contribution in [1.29, 1.82) is 0 Å². The van der Waals surface area contributed by atoms with Crippen LogP contribution in [0.2, 0.25) is 0 Å². The van der Waals surface area contributed by atoms with E-state index in [1.54, 1.807) is 0 Å². The van der Waals surface area contributed by atoms with Crippen LogP contribution >= 0.6 is 0 Å². The van der Waals surface area contributed by atoms with E-state index in [-0.39, 0.29) is 10.9 Å². The van der Waals surface area contributed by atoms with Crippen molar-refractivity contribution < 1.29 is 12.8 Å². The molecule has 1 aliphatic carbocycles. The fraction of sp³-hybridized carbons (Fsp3) is 0.400. The SMILES string of the molecule is CC1CC1NS(=O)(=O)c1ccc(F)cc1. The third-order valence-corrected chi connectivity index (χ3v) is 4.05. The molecule has 0 amide bonds. The van der Waals surface area contributed by atoms with Crippen molar-refractivity contribution in [3.05, 3.63) is 30.1 Å². The minimum Gasteiger partial charge on any atom is -0.208 e. The van der Waals surface area contributed by atoms with Crippen LogP contribution in [0.15, 0.2) is 29.2 Å². The monoisotopic (exact) mass is 229 g/mol. The molecule has 0 aliphatic heterocycles. The van der Waals surface area contributed by atoms with Gasteiger partial charge in [0, 0.05) is 6.04 Å². The summed E-state index contributed by atoms with van der Waals surface area (Å²) in [6.45, 7) is 1.98. The Labute approximate surface area is 88.4 Å². The third-order valence-electron chi connectivity index (χ3n) is 2.54. The lowest BCUT2D eigenvalue weighted by molar-refractivity contribution is 0.577. The highest BCUT2D eigenvalue weighted by molar-refractivity contribution is 7.89. The average Bonchev–Trinajstić information content (AvgIpc) is 2.81. The van der Waals surface area contributed by atoms with Gasteiger partial charge in [-0.15, -0.1) is 0 Å². The molecule has 3 nitrogen and oxygen atoms in total. The summed E-state index contributed by atoms with van der Waals surface area (Å²) in [6.07, 6.45) is 0.875. The Hall–Kier alpha value is -0.940. The maximum atomic E-state index is 12.6. The summed E-state index contributed by atoms with van der Waals surface area (Å²) in [5, 5.41) is 0. The standard InChI is InChI=1S/C10H12FNO2S/c1-7-6-10(7)12-15(13,14)9-4-2-8(11)3-5-9/h2-5,7,10,12H,6H2,1H3. The smallest absolute Gasteiger partial charge is 0.208 e. The highest BCUT2D eigenvalue weighted by Crippen LogP contribution is 2.30. The lowest BCUT2D eigenvalue weighted by Gasteiger charge is -2.05. The lowest BCUT2D eigenvalue weighted by atomic mass is 10.4. The van der Waals surface area contributed by atoms with E-state index in [4.69, 9.17) is 0 Å². The molecule has 0 radical (unpaired) electrons. The number of nitrogens with one attached hydrogen (secondary N) is 1. The molecule has 82 valence electrons. The molecule has 0 heterocycles. The van der Waals surface area contributed by atoms with Crippen LogP contribution in [0.4, 0.5) is 4.39 Å². The Morgan fingerprint density at radius 3 is 2.33 bits per heavy atom.